The van der Waals surface area contributed by atoms with Gasteiger partial charge >= 0.3 is 0 Å². The number of nitrogens with zero attached hydrogens (tertiary/aromatic N) is 4. The van der Waals surface area contributed by atoms with Gasteiger partial charge in [-0.05, 0) is 29.8 Å². The van der Waals surface area contributed by atoms with E-state index in [1.54, 1.807) is 23.2 Å². The highest BCUT2D eigenvalue weighted by atomic mass is 19.1. The molecular weight excluding hydrogens is 461 g/mol. The Morgan fingerprint density at radius 1 is 1.17 bits per heavy atom. The molecule has 4 rings (SSSR count). The number of amides is 1. The van der Waals surface area contributed by atoms with Gasteiger partial charge in [0.25, 0.3) is 0 Å². The minimum Gasteiger partial charge on any atom is -0.363 e. The average Bonchev–Trinajstić information content (AvgIpc) is 2.85. The second-order valence-electron chi connectivity index (χ2n) is 8.15. The molecule has 0 saturated carbocycles. The molecule has 0 bridgehead atoms. The van der Waals surface area contributed by atoms with Gasteiger partial charge in [0, 0.05) is 51.7 Å². The smallest absolute Gasteiger partial charge is 0.219 e. The van der Waals surface area contributed by atoms with Crippen LogP contribution in [-0.4, -0.2) is 59.0 Å². The van der Waals surface area contributed by atoms with Crippen LogP contribution < -0.4 is 10.3 Å². The lowest BCUT2D eigenvalue weighted by molar-refractivity contribution is -0.129. The third-order valence-corrected chi connectivity index (χ3v) is 5.97. The van der Waals surface area contributed by atoms with Gasteiger partial charge < -0.3 is 14.4 Å². The number of fused-ring (bicyclic) bond motifs is 1. The summed E-state index contributed by atoms with van der Waals surface area (Å²) in [4.78, 5) is 44.4. The summed E-state index contributed by atoms with van der Waals surface area (Å²) in [5.41, 5.74) is -1.17. The Labute approximate surface area is 199 Å². The highest BCUT2D eigenvalue weighted by molar-refractivity contribution is 6.08. The number of ketones is 1. The van der Waals surface area contributed by atoms with E-state index >= 15 is 8.78 Å². The fraction of sp³-hybridized carbons (Fsp3) is 0.280. The van der Waals surface area contributed by atoms with E-state index in [2.05, 4.69) is 4.98 Å². The maximum Gasteiger partial charge on any atom is 0.219 e. The molecule has 7 nitrogen and oxygen atoms in total. The normalized spacial score (nSPS) is 14.2. The highest BCUT2D eigenvalue weighted by Crippen LogP contribution is 2.31. The molecule has 3 heterocycles. The summed E-state index contributed by atoms with van der Waals surface area (Å²) < 4.78 is 45.3. The molecule has 0 atom stereocenters. The molecule has 1 aliphatic rings. The Bertz CT molecular complexity index is 1360. The molecule has 1 amide bonds. The predicted octanol–water partition coefficient (Wildman–Crippen LogP) is 3.21. The van der Waals surface area contributed by atoms with Crippen LogP contribution in [0.5, 0.6) is 0 Å². The van der Waals surface area contributed by atoms with Gasteiger partial charge in [-0.3, -0.25) is 19.4 Å². The number of pyridine rings is 2. The van der Waals surface area contributed by atoms with Gasteiger partial charge in [-0.25, -0.2) is 13.2 Å². The number of piperazine rings is 1. The van der Waals surface area contributed by atoms with Crippen LogP contribution in [0.3, 0.4) is 0 Å². The lowest BCUT2D eigenvalue weighted by atomic mass is 10.0. The number of carbonyl (C=O) groups excluding carboxylic acids is 2. The number of aromatic nitrogens is 2. The zero-order valence-electron chi connectivity index (χ0n) is 19.0. The molecule has 1 aromatic carbocycles. The van der Waals surface area contributed by atoms with Gasteiger partial charge in [0.1, 0.15) is 18.2 Å². The lowest BCUT2D eigenvalue weighted by Crippen LogP contribution is -2.48. The maximum atomic E-state index is 15.7. The Morgan fingerprint density at radius 3 is 2.54 bits per heavy atom. The van der Waals surface area contributed by atoms with Crippen molar-refractivity contribution in [3.8, 4) is 0 Å². The largest absolute Gasteiger partial charge is 0.363 e. The maximum absolute atomic E-state index is 15.7. The van der Waals surface area contributed by atoms with E-state index in [1.165, 1.54) is 24.1 Å². The second kappa shape index (κ2) is 10.1. The fourth-order valence-electron chi connectivity index (χ4n) is 4.19. The molecule has 0 unspecified atom stereocenters. The third kappa shape index (κ3) is 4.82. The van der Waals surface area contributed by atoms with Gasteiger partial charge in [-0.2, -0.15) is 0 Å². The van der Waals surface area contributed by atoms with E-state index in [9.17, 15) is 18.8 Å². The molecule has 0 radical (unpaired) electrons. The van der Waals surface area contributed by atoms with Crippen molar-refractivity contribution in [2.45, 2.75) is 13.5 Å². The summed E-state index contributed by atoms with van der Waals surface area (Å²) in [5, 5.41) is -0.347. The molecule has 3 aromatic rings. The number of aryl methyl sites for hydroxylation is 1. The Hall–Kier alpha value is -3.95. The van der Waals surface area contributed by atoms with Crippen LogP contribution in [0.1, 0.15) is 22.8 Å². The van der Waals surface area contributed by atoms with Crippen LogP contribution in [0.25, 0.3) is 17.0 Å². The van der Waals surface area contributed by atoms with E-state index in [4.69, 9.17) is 0 Å². The fourth-order valence-corrected chi connectivity index (χ4v) is 4.19. The van der Waals surface area contributed by atoms with Crippen molar-refractivity contribution in [2.24, 2.45) is 0 Å². The van der Waals surface area contributed by atoms with Crippen LogP contribution in [0.4, 0.5) is 18.9 Å². The number of carbonyl (C=O) groups is 2. The first-order chi connectivity index (χ1) is 16.8. The summed E-state index contributed by atoms with van der Waals surface area (Å²) >= 11 is 0. The molecule has 2 aromatic heterocycles. The molecule has 1 saturated heterocycles. The van der Waals surface area contributed by atoms with E-state index in [-0.39, 0.29) is 47.7 Å². The van der Waals surface area contributed by atoms with Crippen LogP contribution in [0.15, 0.2) is 47.7 Å². The molecule has 0 aliphatic carbocycles. The van der Waals surface area contributed by atoms with Crippen molar-refractivity contribution in [3.05, 3.63) is 75.9 Å². The number of allylic oxidation sites excluding steroid dienone is 1. The van der Waals surface area contributed by atoms with Gasteiger partial charge in [0.15, 0.2) is 11.6 Å². The summed E-state index contributed by atoms with van der Waals surface area (Å²) in [6.07, 6.45) is 6.82. The molecular formula is C25H23F3N4O3. The molecule has 0 N–H and O–H groups in total. The zero-order chi connectivity index (χ0) is 25.1. The molecule has 182 valence electrons. The minimum absolute atomic E-state index is 0.129. The minimum atomic E-state index is -1.01. The van der Waals surface area contributed by atoms with Crippen molar-refractivity contribution < 1.29 is 22.8 Å². The molecule has 1 aliphatic heterocycles. The summed E-state index contributed by atoms with van der Waals surface area (Å²) in [7, 11) is 0. The van der Waals surface area contributed by atoms with E-state index < -0.39 is 29.5 Å². The number of rotatable bonds is 6. The number of halogens is 3. The van der Waals surface area contributed by atoms with E-state index in [0.29, 0.717) is 18.7 Å². The molecule has 1 fully saturated rings. The molecule has 10 heteroatoms. The molecule has 0 spiro atoms. The quantitative estimate of drug-likeness (QED) is 0.397. The Balaban J connectivity index is 1.78. The second-order valence-corrected chi connectivity index (χ2v) is 8.15. The van der Waals surface area contributed by atoms with Gasteiger partial charge in [0.05, 0.1) is 23.0 Å². The SMILES string of the molecule is CC(=O)N1CCN(c2c(F)cc3c(=O)c(C(=O)C=Cc4cccnc4)cn(CCF)c3c2F)CC1. The number of hydrogen-bond acceptors (Lipinski definition) is 5. The van der Waals surface area contributed by atoms with Gasteiger partial charge in [-0.1, -0.05) is 6.07 Å². The van der Waals surface area contributed by atoms with Crippen LogP contribution in [-0.2, 0) is 11.3 Å². The van der Waals surface area contributed by atoms with Crippen molar-refractivity contribution >= 4 is 34.4 Å². The topological polar surface area (TPSA) is 75.5 Å². The summed E-state index contributed by atoms with van der Waals surface area (Å²) in [6.45, 7) is 1.18. The first-order valence-corrected chi connectivity index (χ1v) is 11.1. The Kier molecular flexibility index (Phi) is 6.99. The third-order valence-electron chi connectivity index (χ3n) is 5.97. The summed E-state index contributed by atoms with van der Waals surface area (Å²) in [5.74, 6) is -2.79. The van der Waals surface area contributed by atoms with Gasteiger partial charge in [0.2, 0.25) is 11.3 Å². The average molecular weight is 484 g/mol. The van der Waals surface area contributed by atoms with Crippen LogP contribution >= 0.6 is 0 Å². The standard InChI is InChI=1S/C25H23F3N4O3/c1-16(33)30-9-11-31(12-10-30)24-20(27)13-18-23(22(24)28)32(8-6-26)15-19(25(18)35)21(34)5-4-17-3-2-7-29-14-17/h2-5,7,13-15H,6,8-12H2,1H3. The van der Waals surface area contributed by atoms with Crippen molar-refractivity contribution in [1.82, 2.24) is 14.5 Å². The highest BCUT2D eigenvalue weighted by Gasteiger charge is 2.27. The first-order valence-electron chi connectivity index (χ1n) is 11.1. The summed E-state index contributed by atoms with van der Waals surface area (Å²) in [6, 6.07) is 4.28. The number of hydrogen-bond donors (Lipinski definition) is 0. The molecule has 35 heavy (non-hydrogen) atoms. The van der Waals surface area contributed by atoms with E-state index in [1.807, 2.05) is 0 Å². The first kappa shape index (κ1) is 24.2. The Morgan fingerprint density at radius 2 is 1.91 bits per heavy atom. The van der Waals surface area contributed by atoms with Crippen LogP contribution in [0.2, 0.25) is 0 Å². The number of alkyl halides is 1. The zero-order valence-corrected chi connectivity index (χ0v) is 19.0. The van der Waals surface area contributed by atoms with E-state index in [0.717, 1.165) is 22.9 Å². The lowest BCUT2D eigenvalue weighted by Gasteiger charge is -2.36. The van der Waals surface area contributed by atoms with Crippen LogP contribution in [0, 0.1) is 11.6 Å². The predicted molar refractivity (Wildman–Crippen MR) is 126 cm³/mol. The number of benzene rings is 1. The van der Waals surface area contributed by atoms with Crippen molar-refractivity contribution in [3.63, 3.8) is 0 Å². The number of anilines is 1. The van der Waals surface area contributed by atoms with Crippen molar-refractivity contribution in [1.29, 1.82) is 0 Å². The van der Waals surface area contributed by atoms with Gasteiger partial charge in [-0.15, -0.1) is 0 Å². The monoisotopic (exact) mass is 484 g/mol. The van der Waals surface area contributed by atoms with Crippen molar-refractivity contribution in [2.75, 3.05) is 37.8 Å².